The van der Waals surface area contributed by atoms with E-state index < -0.39 is 36.3 Å². The molecule has 0 bridgehead atoms. The molecule has 2 unspecified atom stereocenters. The lowest BCUT2D eigenvalue weighted by molar-refractivity contribution is -0.150. The molecule has 2 N–H and O–H groups in total. The highest BCUT2D eigenvalue weighted by Gasteiger charge is 2.37. The van der Waals surface area contributed by atoms with Crippen molar-refractivity contribution in [1.29, 1.82) is 0 Å². The smallest absolute Gasteiger partial charge is 0.356 e. The van der Waals surface area contributed by atoms with Crippen molar-refractivity contribution in [3.8, 4) is 0 Å². The number of nitrogens with one attached hydrogen (secondary N) is 2. The first-order chi connectivity index (χ1) is 19.4. The molecule has 3 aromatic rings. The van der Waals surface area contributed by atoms with Gasteiger partial charge in [-0.1, -0.05) is 0 Å². The maximum absolute atomic E-state index is 13.9. The van der Waals surface area contributed by atoms with Crippen molar-refractivity contribution >= 4 is 23.2 Å². The number of fused-ring (bicyclic) bond motifs is 1. The molecule has 0 radical (unpaired) electrons. The summed E-state index contributed by atoms with van der Waals surface area (Å²) in [6, 6.07) is 4.87. The Balaban J connectivity index is 1.41. The highest BCUT2D eigenvalue weighted by molar-refractivity contribution is 5.98. The molecule has 0 spiro atoms. The Labute approximate surface area is 232 Å². The minimum absolute atomic E-state index is 0.0136. The highest BCUT2D eigenvalue weighted by atomic mass is 19.4. The standard InChI is InChI=1S/C27H30F5N7O2/c1-2-38-21(7-10-34-38)25(41)36-23(17-5-8-26(28,29)9-6-17)20-15-39-22(35-20)4-3-19(37-39)12-18-11-16(13-27(30,31)32)14-33-24(18)40/h3-4,7,10,15-16,18H,2,5-6,8-9,11-14H2,1H3,(H,33,40)(H,36,41). The molecule has 4 heterocycles. The average Bonchev–Trinajstić information content (AvgIpc) is 3.55. The van der Waals surface area contributed by atoms with Crippen LogP contribution < -0.4 is 10.6 Å². The number of hydrogen-bond donors (Lipinski definition) is 2. The lowest BCUT2D eigenvalue weighted by Crippen LogP contribution is -2.43. The number of amides is 2. The number of aryl methyl sites for hydroxylation is 1. The van der Waals surface area contributed by atoms with Gasteiger partial charge >= 0.3 is 6.18 Å². The molecular formula is C27H30F5N7O2. The van der Waals surface area contributed by atoms with Crippen LogP contribution in [0.4, 0.5) is 22.0 Å². The van der Waals surface area contributed by atoms with Crippen molar-refractivity contribution in [2.24, 2.45) is 11.8 Å². The molecule has 0 aromatic carbocycles. The van der Waals surface area contributed by atoms with Gasteiger partial charge in [0.05, 0.1) is 17.6 Å². The summed E-state index contributed by atoms with van der Waals surface area (Å²) >= 11 is 0. The second kappa shape index (κ2) is 11.2. The Bertz CT molecular complexity index is 1460. The van der Waals surface area contributed by atoms with Crippen molar-refractivity contribution in [3.63, 3.8) is 0 Å². The fraction of sp³-hybridized carbons (Fsp3) is 0.519. The lowest BCUT2D eigenvalue weighted by atomic mass is 9.85. The largest absolute Gasteiger partial charge is 0.389 e. The van der Waals surface area contributed by atoms with Crippen molar-refractivity contribution < 1.29 is 31.5 Å². The van der Waals surface area contributed by atoms with Crippen molar-refractivity contribution in [3.05, 3.63) is 53.2 Å². The van der Waals surface area contributed by atoms with Gasteiger partial charge in [-0.3, -0.25) is 14.3 Å². The van der Waals surface area contributed by atoms with Crippen LogP contribution >= 0.6 is 0 Å². The number of rotatable bonds is 7. The molecule has 9 nitrogen and oxygen atoms in total. The second-order valence-corrected chi connectivity index (χ2v) is 10.6. The number of hydrogen-bond acceptors (Lipinski definition) is 5. The number of carbonyl (C=O) groups excluding carboxylic acids is 2. The topological polar surface area (TPSA) is 106 Å². The van der Waals surface area contributed by atoms with Crippen LogP contribution in [0.3, 0.4) is 0 Å². The van der Waals surface area contributed by atoms with Crippen LogP contribution in [-0.2, 0) is 17.8 Å². The van der Waals surface area contributed by atoms with E-state index in [-0.39, 0.29) is 51.0 Å². The summed E-state index contributed by atoms with van der Waals surface area (Å²) in [7, 11) is 0. The van der Waals surface area contributed by atoms with Gasteiger partial charge in [0.1, 0.15) is 11.4 Å². The van der Waals surface area contributed by atoms with Crippen LogP contribution in [0, 0.1) is 11.8 Å². The Hall–Kier alpha value is -3.84. The summed E-state index contributed by atoms with van der Waals surface area (Å²) in [5.41, 5.74) is 2.53. The summed E-state index contributed by atoms with van der Waals surface area (Å²) in [6.45, 7) is 2.29. The normalized spacial score (nSPS) is 21.1. The first-order valence-electron chi connectivity index (χ1n) is 13.5. The van der Waals surface area contributed by atoms with E-state index in [1.807, 2.05) is 6.92 Å². The maximum Gasteiger partial charge on any atom is 0.389 e. The molecule has 1 aliphatic carbocycles. The molecule has 1 aliphatic heterocycles. The zero-order chi connectivity index (χ0) is 29.4. The first-order valence-corrected chi connectivity index (χ1v) is 13.5. The SMILES string of the molecule is CCn1nccc1C(=O)NC(=C1CCC(F)(F)CC1)c1cn2nc(CC3CC(CC(F)(F)F)CNC3=O)ccc2n1. The van der Waals surface area contributed by atoms with E-state index in [1.54, 1.807) is 24.4 Å². The fourth-order valence-corrected chi connectivity index (χ4v) is 5.50. The maximum atomic E-state index is 13.9. The van der Waals surface area contributed by atoms with Gasteiger partial charge in [-0.2, -0.15) is 23.4 Å². The minimum Gasteiger partial charge on any atom is -0.356 e. The Kier molecular flexibility index (Phi) is 7.84. The number of halogens is 5. The van der Waals surface area contributed by atoms with Crippen molar-refractivity contribution in [2.75, 3.05) is 6.54 Å². The summed E-state index contributed by atoms with van der Waals surface area (Å²) in [6.07, 6.45) is -2.49. The van der Waals surface area contributed by atoms with Gasteiger partial charge in [-0.25, -0.2) is 18.3 Å². The van der Waals surface area contributed by atoms with E-state index >= 15 is 0 Å². The van der Waals surface area contributed by atoms with Gasteiger partial charge in [-0.05, 0) is 55.9 Å². The molecular weight excluding hydrogens is 549 g/mol. The number of allylic oxidation sites excluding steroid dienone is 1. The van der Waals surface area contributed by atoms with Gasteiger partial charge in [0.25, 0.3) is 5.91 Å². The summed E-state index contributed by atoms with van der Waals surface area (Å²) in [5, 5.41) is 14.1. The van der Waals surface area contributed by atoms with E-state index in [9.17, 15) is 31.5 Å². The van der Waals surface area contributed by atoms with Crippen molar-refractivity contribution in [2.45, 2.75) is 70.5 Å². The van der Waals surface area contributed by atoms with E-state index in [4.69, 9.17) is 0 Å². The van der Waals surface area contributed by atoms with Crippen molar-refractivity contribution in [1.82, 2.24) is 35.0 Å². The van der Waals surface area contributed by atoms with Gasteiger partial charge in [0.2, 0.25) is 11.8 Å². The number of piperidine rings is 1. The second-order valence-electron chi connectivity index (χ2n) is 10.6. The predicted octanol–water partition coefficient (Wildman–Crippen LogP) is 4.54. The molecule has 3 aromatic heterocycles. The number of nitrogens with zero attached hydrogens (tertiary/aromatic N) is 5. The van der Waals surface area contributed by atoms with E-state index in [2.05, 4.69) is 25.8 Å². The first kappa shape index (κ1) is 28.7. The number of carbonyl (C=O) groups is 2. The van der Waals surface area contributed by atoms with Crippen LogP contribution in [0.1, 0.15) is 67.3 Å². The van der Waals surface area contributed by atoms with Crippen LogP contribution in [0.15, 0.2) is 36.2 Å². The van der Waals surface area contributed by atoms with Crippen LogP contribution in [0.2, 0.25) is 0 Å². The molecule has 41 heavy (non-hydrogen) atoms. The molecule has 220 valence electrons. The number of imidazole rings is 1. The molecule has 2 atom stereocenters. The third kappa shape index (κ3) is 6.73. The Morgan fingerprint density at radius 2 is 1.95 bits per heavy atom. The zero-order valence-corrected chi connectivity index (χ0v) is 22.3. The molecule has 5 rings (SSSR count). The molecule has 14 heteroatoms. The summed E-state index contributed by atoms with van der Waals surface area (Å²) in [5.74, 6) is -4.91. The Morgan fingerprint density at radius 1 is 1.20 bits per heavy atom. The fourth-order valence-electron chi connectivity index (χ4n) is 5.50. The molecule has 1 saturated carbocycles. The van der Waals surface area contributed by atoms with Gasteiger partial charge in [0, 0.05) is 50.9 Å². The highest BCUT2D eigenvalue weighted by Crippen LogP contribution is 2.38. The Morgan fingerprint density at radius 3 is 2.66 bits per heavy atom. The molecule has 1 saturated heterocycles. The van der Waals surface area contributed by atoms with E-state index in [1.165, 1.54) is 15.4 Å². The predicted molar refractivity (Wildman–Crippen MR) is 138 cm³/mol. The van der Waals surface area contributed by atoms with Gasteiger partial charge in [0.15, 0.2) is 5.65 Å². The lowest BCUT2D eigenvalue weighted by Gasteiger charge is -2.29. The molecule has 2 amide bonds. The summed E-state index contributed by atoms with van der Waals surface area (Å²) in [4.78, 5) is 30.1. The van der Waals surface area contributed by atoms with Gasteiger partial charge < -0.3 is 10.6 Å². The molecule has 2 aliphatic rings. The molecule has 2 fully saturated rings. The summed E-state index contributed by atoms with van der Waals surface area (Å²) < 4.78 is 69.5. The third-order valence-electron chi connectivity index (χ3n) is 7.59. The van der Waals surface area contributed by atoms with Crippen LogP contribution in [-0.4, -0.2) is 54.8 Å². The minimum atomic E-state index is -4.31. The zero-order valence-electron chi connectivity index (χ0n) is 22.3. The van der Waals surface area contributed by atoms with E-state index in [0.717, 1.165) is 0 Å². The monoisotopic (exact) mass is 579 g/mol. The van der Waals surface area contributed by atoms with E-state index in [0.29, 0.717) is 40.5 Å². The quantitative estimate of drug-likeness (QED) is 0.400. The average molecular weight is 580 g/mol. The van der Waals surface area contributed by atoms with Crippen LogP contribution in [0.5, 0.6) is 0 Å². The third-order valence-corrected chi connectivity index (χ3v) is 7.59. The number of alkyl halides is 5. The number of aromatic nitrogens is 5. The van der Waals surface area contributed by atoms with Gasteiger partial charge in [-0.15, -0.1) is 0 Å². The van der Waals surface area contributed by atoms with Crippen LogP contribution in [0.25, 0.3) is 11.3 Å².